The quantitative estimate of drug-likeness (QED) is 0.887. The maximum atomic E-state index is 5.90. The third kappa shape index (κ3) is 2.57. The van der Waals surface area contributed by atoms with Gasteiger partial charge in [-0.05, 0) is 56.8 Å². The molecule has 1 aliphatic carbocycles. The van der Waals surface area contributed by atoms with Crippen molar-refractivity contribution in [2.75, 3.05) is 32.1 Å². The van der Waals surface area contributed by atoms with Crippen molar-refractivity contribution >= 4 is 5.69 Å². The van der Waals surface area contributed by atoms with Crippen LogP contribution in [-0.2, 0) is 0 Å². The molecule has 0 spiro atoms. The maximum absolute atomic E-state index is 5.90. The van der Waals surface area contributed by atoms with E-state index in [0.29, 0.717) is 5.41 Å². The SMILES string of the molecule is COc1c(C)c(C)cc(C)c1N(C)CC1(CN)CC1. The van der Waals surface area contributed by atoms with Crippen LogP contribution in [0.1, 0.15) is 29.5 Å². The van der Waals surface area contributed by atoms with Crippen LogP contribution >= 0.6 is 0 Å². The first kappa shape index (κ1) is 14.2. The Labute approximate surface area is 116 Å². The van der Waals surface area contributed by atoms with Gasteiger partial charge in [0.15, 0.2) is 0 Å². The summed E-state index contributed by atoms with van der Waals surface area (Å²) in [5.74, 6) is 1.01. The number of ether oxygens (including phenoxy) is 1. The zero-order valence-electron chi connectivity index (χ0n) is 12.8. The second-order valence-electron chi connectivity index (χ2n) is 6.08. The summed E-state index contributed by atoms with van der Waals surface area (Å²) in [5, 5.41) is 0. The molecule has 0 bridgehead atoms. The largest absolute Gasteiger partial charge is 0.494 e. The van der Waals surface area contributed by atoms with Crippen molar-refractivity contribution < 1.29 is 4.74 Å². The highest BCUT2D eigenvalue weighted by Gasteiger charge is 2.42. The molecular formula is C16H26N2O. The number of benzene rings is 1. The lowest BCUT2D eigenvalue weighted by Crippen LogP contribution is -2.32. The third-order valence-electron chi connectivity index (χ3n) is 4.50. The molecule has 0 amide bonds. The van der Waals surface area contributed by atoms with Crippen molar-refractivity contribution in [3.05, 3.63) is 22.8 Å². The van der Waals surface area contributed by atoms with Crippen LogP contribution in [0.15, 0.2) is 6.07 Å². The fourth-order valence-corrected chi connectivity index (χ4v) is 2.95. The van der Waals surface area contributed by atoms with Gasteiger partial charge in [0.05, 0.1) is 12.8 Å². The molecule has 1 saturated carbocycles. The summed E-state index contributed by atoms with van der Waals surface area (Å²) in [4.78, 5) is 2.32. The zero-order valence-corrected chi connectivity index (χ0v) is 12.8. The monoisotopic (exact) mass is 262 g/mol. The predicted molar refractivity (Wildman–Crippen MR) is 81.2 cm³/mol. The van der Waals surface area contributed by atoms with Crippen LogP contribution in [0.4, 0.5) is 5.69 Å². The van der Waals surface area contributed by atoms with Crippen LogP contribution in [0, 0.1) is 26.2 Å². The highest BCUT2D eigenvalue weighted by atomic mass is 16.5. The van der Waals surface area contributed by atoms with Gasteiger partial charge in [0.2, 0.25) is 0 Å². The van der Waals surface area contributed by atoms with Crippen LogP contribution in [0.5, 0.6) is 5.75 Å². The van der Waals surface area contributed by atoms with Crippen LogP contribution in [0.25, 0.3) is 0 Å². The van der Waals surface area contributed by atoms with Crippen LogP contribution in [0.3, 0.4) is 0 Å². The minimum atomic E-state index is 0.338. The molecule has 0 unspecified atom stereocenters. The highest BCUT2D eigenvalue weighted by molar-refractivity contribution is 5.68. The van der Waals surface area contributed by atoms with Gasteiger partial charge in [-0.1, -0.05) is 6.07 Å². The molecule has 0 heterocycles. The standard InChI is InChI=1S/C16H26N2O/c1-11-8-12(2)14(15(19-5)13(11)3)18(4)10-16(9-17)6-7-16/h8H,6-7,9-10,17H2,1-5H3. The zero-order chi connectivity index (χ0) is 14.2. The lowest BCUT2D eigenvalue weighted by atomic mass is 10.0. The molecule has 2 rings (SSSR count). The molecule has 19 heavy (non-hydrogen) atoms. The fraction of sp³-hybridized carbons (Fsp3) is 0.625. The molecule has 0 aromatic heterocycles. The van der Waals surface area contributed by atoms with Crippen molar-refractivity contribution in [1.82, 2.24) is 0 Å². The van der Waals surface area contributed by atoms with E-state index in [1.165, 1.54) is 35.2 Å². The molecule has 3 heteroatoms. The van der Waals surface area contributed by atoms with Gasteiger partial charge in [0.1, 0.15) is 5.75 Å². The molecule has 0 radical (unpaired) electrons. The summed E-state index contributed by atoms with van der Waals surface area (Å²) >= 11 is 0. The molecule has 1 aromatic rings. The average molecular weight is 262 g/mol. The van der Waals surface area contributed by atoms with E-state index in [0.717, 1.165) is 18.8 Å². The first-order valence-electron chi connectivity index (χ1n) is 7.00. The molecule has 0 saturated heterocycles. The van der Waals surface area contributed by atoms with Crippen molar-refractivity contribution in [1.29, 1.82) is 0 Å². The van der Waals surface area contributed by atoms with Gasteiger partial charge in [0, 0.05) is 19.0 Å². The van der Waals surface area contributed by atoms with Gasteiger partial charge in [-0.2, -0.15) is 0 Å². The van der Waals surface area contributed by atoms with Crippen LogP contribution in [-0.4, -0.2) is 27.2 Å². The molecule has 3 nitrogen and oxygen atoms in total. The molecule has 1 fully saturated rings. The molecule has 0 aliphatic heterocycles. The molecule has 106 valence electrons. The van der Waals surface area contributed by atoms with E-state index >= 15 is 0 Å². The summed E-state index contributed by atoms with van der Waals surface area (Å²) in [6.07, 6.45) is 2.50. The molecular weight excluding hydrogens is 236 g/mol. The number of aryl methyl sites for hydroxylation is 2. The summed E-state index contributed by atoms with van der Waals surface area (Å²) in [5.41, 5.74) is 11.2. The number of nitrogens with zero attached hydrogens (tertiary/aromatic N) is 1. The second-order valence-corrected chi connectivity index (χ2v) is 6.08. The van der Waals surface area contributed by atoms with Crippen LogP contribution < -0.4 is 15.4 Å². The normalized spacial score (nSPS) is 16.3. The smallest absolute Gasteiger partial charge is 0.145 e. The Kier molecular flexibility index (Phi) is 3.77. The minimum absolute atomic E-state index is 0.338. The Bertz CT molecular complexity index is 478. The second kappa shape index (κ2) is 5.04. The number of nitrogens with two attached hydrogens (primary N) is 1. The Morgan fingerprint density at radius 3 is 2.37 bits per heavy atom. The number of rotatable bonds is 5. The van der Waals surface area contributed by atoms with E-state index < -0.39 is 0 Å². The highest BCUT2D eigenvalue weighted by Crippen LogP contribution is 2.47. The van der Waals surface area contributed by atoms with Gasteiger partial charge in [-0.15, -0.1) is 0 Å². The number of hydrogen-bond donors (Lipinski definition) is 1. The third-order valence-corrected chi connectivity index (χ3v) is 4.50. The lowest BCUT2D eigenvalue weighted by molar-refractivity contribution is 0.409. The predicted octanol–water partition coefficient (Wildman–Crippen LogP) is 2.80. The molecule has 1 aliphatic rings. The fourth-order valence-electron chi connectivity index (χ4n) is 2.95. The van der Waals surface area contributed by atoms with Gasteiger partial charge in [0.25, 0.3) is 0 Å². The molecule has 1 aromatic carbocycles. The summed E-state index contributed by atoms with van der Waals surface area (Å²) in [6.45, 7) is 8.22. The maximum Gasteiger partial charge on any atom is 0.145 e. The molecule has 2 N–H and O–H groups in total. The summed E-state index contributed by atoms with van der Waals surface area (Å²) < 4.78 is 5.65. The lowest BCUT2D eigenvalue weighted by Gasteiger charge is -2.29. The van der Waals surface area contributed by atoms with E-state index in [2.05, 4.69) is 38.8 Å². The van der Waals surface area contributed by atoms with Crippen molar-refractivity contribution in [2.24, 2.45) is 11.1 Å². The van der Waals surface area contributed by atoms with E-state index in [4.69, 9.17) is 10.5 Å². The Morgan fingerprint density at radius 2 is 1.89 bits per heavy atom. The summed E-state index contributed by atoms with van der Waals surface area (Å²) in [7, 11) is 3.91. The first-order chi connectivity index (χ1) is 8.94. The van der Waals surface area contributed by atoms with Gasteiger partial charge >= 0.3 is 0 Å². The average Bonchev–Trinajstić information content (AvgIpc) is 3.13. The van der Waals surface area contributed by atoms with Crippen molar-refractivity contribution in [3.8, 4) is 5.75 Å². The number of hydrogen-bond acceptors (Lipinski definition) is 3. The van der Waals surface area contributed by atoms with Gasteiger partial charge in [-0.25, -0.2) is 0 Å². The van der Waals surface area contributed by atoms with E-state index in [1.54, 1.807) is 7.11 Å². The van der Waals surface area contributed by atoms with E-state index in [1.807, 2.05) is 0 Å². The van der Waals surface area contributed by atoms with E-state index in [-0.39, 0.29) is 0 Å². The van der Waals surface area contributed by atoms with Gasteiger partial charge in [-0.3, -0.25) is 0 Å². The molecule has 0 atom stereocenters. The minimum Gasteiger partial charge on any atom is -0.494 e. The Morgan fingerprint density at radius 1 is 1.26 bits per heavy atom. The summed E-state index contributed by atoms with van der Waals surface area (Å²) in [6, 6.07) is 2.24. The Balaban J connectivity index is 2.35. The first-order valence-corrected chi connectivity index (χ1v) is 7.00. The van der Waals surface area contributed by atoms with Crippen LogP contribution in [0.2, 0.25) is 0 Å². The van der Waals surface area contributed by atoms with E-state index in [9.17, 15) is 0 Å². The van der Waals surface area contributed by atoms with Crippen molar-refractivity contribution in [2.45, 2.75) is 33.6 Å². The number of methoxy groups -OCH3 is 1. The van der Waals surface area contributed by atoms with Crippen molar-refractivity contribution in [3.63, 3.8) is 0 Å². The Hall–Kier alpha value is -1.22. The topological polar surface area (TPSA) is 38.5 Å². The number of anilines is 1. The van der Waals surface area contributed by atoms with Gasteiger partial charge < -0.3 is 15.4 Å².